The Hall–Kier alpha value is -1.10. The summed E-state index contributed by atoms with van der Waals surface area (Å²) in [5.74, 6) is -0.919. The highest BCUT2D eigenvalue weighted by Crippen LogP contribution is 2.26. The number of likely N-dealkylation sites (tertiary alicyclic amines) is 1. The van der Waals surface area contributed by atoms with Crippen LogP contribution in [-0.2, 0) is 9.59 Å². The first-order valence-corrected chi connectivity index (χ1v) is 6.33. The SMILES string of the molecule is CC1(C(=O)N2CCCC2C(=O)O)CCCCN1. The zero-order valence-corrected chi connectivity index (χ0v) is 10.2. The maximum atomic E-state index is 12.4. The molecular formula is C12H20N2O3. The largest absolute Gasteiger partial charge is 0.480 e. The predicted octanol–water partition coefficient (Wildman–Crippen LogP) is 0.594. The van der Waals surface area contributed by atoms with Crippen molar-refractivity contribution in [3.8, 4) is 0 Å². The summed E-state index contributed by atoms with van der Waals surface area (Å²) >= 11 is 0. The molecule has 2 aliphatic heterocycles. The van der Waals surface area contributed by atoms with Crippen molar-refractivity contribution in [2.24, 2.45) is 0 Å². The molecule has 2 saturated heterocycles. The van der Waals surface area contributed by atoms with Gasteiger partial charge < -0.3 is 15.3 Å². The number of nitrogens with zero attached hydrogens (tertiary/aromatic N) is 1. The molecule has 1 amide bonds. The Kier molecular flexibility index (Phi) is 3.38. The van der Waals surface area contributed by atoms with Gasteiger partial charge in [0.25, 0.3) is 0 Å². The first kappa shape index (κ1) is 12.4. The summed E-state index contributed by atoms with van der Waals surface area (Å²) in [7, 11) is 0. The smallest absolute Gasteiger partial charge is 0.326 e. The lowest BCUT2D eigenvalue weighted by Gasteiger charge is -2.37. The van der Waals surface area contributed by atoms with E-state index < -0.39 is 17.6 Å². The van der Waals surface area contributed by atoms with Gasteiger partial charge in [-0.15, -0.1) is 0 Å². The second-order valence-corrected chi connectivity index (χ2v) is 5.21. The van der Waals surface area contributed by atoms with Gasteiger partial charge in [0.05, 0.1) is 5.54 Å². The number of amides is 1. The molecule has 2 aliphatic rings. The maximum absolute atomic E-state index is 12.4. The van der Waals surface area contributed by atoms with Gasteiger partial charge in [-0.2, -0.15) is 0 Å². The number of rotatable bonds is 2. The van der Waals surface area contributed by atoms with Gasteiger partial charge in [0, 0.05) is 6.54 Å². The molecule has 0 bridgehead atoms. The lowest BCUT2D eigenvalue weighted by molar-refractivity contribution is -0.151. The fourth-order valence-electron chi connectivity index (χ4n) is 2.82. The summed E-state index contributed by atoms with van der Waals surface area (Å²) in [6.45, 7) is 3.31. The third-order valence-corrected chi connectivity index (χ3v) is 3.89. The molecule has 2 atom stereocenters. The van der Waals surface area contributed by atoms with Gasteiger partial charge in [-0.05, 0) is 45.6 Å². The highest BCUT2D eigenvalue weighted by Gasteiger charge is 2.43. The summed E-state index contributed by atoms with van der Waals surface area (Å²) in [6.07, 6.45) is 4.29. The summed E-state index contributed by atoms with van der Waals surface area (Å²) in [5, 5.41) is 12.3. The minimum absolute atomic E-state index is 0.0397. The van der Waals surface area contributed by atoms with E-state index in [1.807, 2.05) is 6.92 Å². The van der Waals surface area contributed by atoms with Gasteiger partial charge in [0.1, 0.15) is 6.04 Å². The second kappa shape index (κ2) is 4.64. The molecule has 2 heterocycles. The van der Waals surface area contributed by atoms with Crippen LogP contribution in [0.5, 0.6) is 0 Å². The minimum atomic E-state index is -0.879. The molecule has 5 nitrogen and oxygen atoms in total. The number of hydrogen-bond donors (Lipinski definition) is 2. The van der Waals surface area contributed by atoms with E-state index in [4.69, 9.17) is 5.11 Å². The number of carbonyl (C=O) groups is 2. The Labute approximate surface area is 101 Å². The summed E-state index contributed by atoms with van der Waals surface area (Å²) < 4.78 is 0. The molecular weight excluding hydrogens is 220 g/mol. The van der Waals surface area contributed by atoms with Crippen molar-refractivity contribution in [1.29, 1.82) is 0 Å². The van der Waals surface area contributed by atoms with Gasteiger partial charge in [0.2, 0.25) is 5.91 Å². The minimum Gasteiger partial charge on any atom is -0.480 e. The van der Waals surface area contributed by atoms with Crippen LogP contribution in [0.1, 0.15) is 39.0 Å². The quantitative estimate of drug-likeness (QED) is 0.741. The van der Waals surface area contributed by atoms with Crippen LogP contribution in [0.25, 0.3) is 0 Å². The highest BCUT2D eigenvalue weighted by molar-refractivity contribution is 5.90. The number of piperidine rings is 1. The van der Waals surface area contributed by atoms with Crippen LogP contribution in [0.2, 0.25) is 0 Å². The number of carboxylic acids is 1. The van der Waals surface area contributed by atoms with Crippen LogP contribution in [0, 0.1) is 0 Å². The molecule has 2 N–H and O–H groups in total. The second-order valence-electron chi connectivity index (χ2n) is 5.21. The van der Waals surface area contributed by atoms with E-state index in [2.05, 4.69) is 5.32 Å². The van der Waals surface area contributed by atoms with E-state index >= 15 is 0 Å². The van der Waals surface area contributed by atoms with E-state index in [-0.39, 0.29) is 5.91 Å². The first-order valence-electron chi connectivity index (χ1n) is 6.33. The maximum Gasteiger partial charge on any atom is 0.326 e. The molecule has 0 spiro atoms. The normalized spacial score (nSPS) is 33.7. The van der Waals surface area contributed by atoms with Crippen molar-refractivity contribution in [3.05, 3.63) is 0 Å². The molecule has 96 valence electrons. The average molecular weight is 240 g/mol. The Morgan fingerprint density at radius 1 is 1.35 bits per heavy atom. The molecule has 0 aliphatic carbocycles. The monoisotopic (exact) mass is 240 g/mol. The van der Waals surface area contributed by atoms with E-state index in [1.54, 1.807) is 4.90 Å². The third kappa shape index (κ3) is 2.29. The van der Waals surface area contributed by atoms with Gasteiger partial charge in [-0.25, -0.2) is 4.79 Å². The number of aliphatic carboxylic acids is 1. The van der Waals surface area contributed by atoms with Crippen molar-refractivity contribution in [1.82, 2.24) is 10.2 Å². The van der Waals surface area contributed by atoms with Crippen LogP contribution >= 0.6 is 0 Å². The number of hydrogen-bond acceptors (Lipinski definition) is 3. The molecule has 17 heavy (non-hydrogen) atoms. The van der Waals surface area contributed by atoms with Crippen molar-refractivity contribution in [2.75, 3.05) is 13.1 Å². The third-order valence-electron chi connectivity index (χ3n) is 3.89. The Morgan fingerprint density at radius 2 is 2.12 bits per heavy atom. The van der Waals surface area contributed by atoms with Crippen molar-refractivity contribution >= 4 is 11.9 Å². The van der Waals surface area contributed by atoms with Gasteiger partial charge in [-0.3, -0.25) is 4.79 Å². The van der Waals surface area contributed by atoms with E-state index in [0.717, 1.165) is 32.2 Å². The summed E-state index contributed by atoms with van der Waals surface area (Å²) in [5.41, 5.74) is -0.559. The lowest BCUT2D eigenvalue weighted by Crippen LogP contribution is -2.59. The molecule has 5 heteroatoms. The van der Waals surface area contributed by atoms with Crippen molar-refractivity contribution in [3.63, 3.8) is 0 Å². The molecule has 0 aromatic carbocycles. The molecule has 0 radical (unpaired) electrons. The Bertz CT molecular complexity index is 324. The predicted molar refractivity (Wildman–Crippen MR) is 62.6 cm³/mol. The van der Waals surface area contributed by atoms with Gasteiger partial charge in [-0.1, -0.05) is 0 Å². The lowest BCUT2D eigenvalue weighted by atomic mass is 9.89. The van der Waals surface area contributed by atoms with Crippen molar-refractivity contribution < 1.29 is 14.7 Å². The van der Waals surface area contributed by atoms with Crippen molar-refractivity contribution in [2.45, 2.75) is 50.6 Å². The number of carbonyl (C=O) groups excluding carboxylic acids is 1. The Morgan fingerprint density at radius 3 is 2.71 bits per heavy atom. The molecule has 2 rings (SSSR count). The van der Waals surface area contributed by atoms with Gasteiger partial charge in [0.15, 0.2) is 0 Å². The van der Waals surface area contributed by atoms with Crippen LogP contribution in [0.4, 0.5) is 0 Å². The molecule has 0 aromatic rings. The molecule has 2 unspecified atom stereocenters. The van der Waals surface area contributed by atoms with E-state index in [9.17, 15) is 9.59 Å². The highest BCUT2D eigenvalue weighted by atomic mass is 16.4. The van der Waals surface area contributed by atoms with Crippen LogP contribution in [0.3, 0.4) is 0 Å². The first-order chi connectivity index (χ1) is 8.04. The van der Waals surface area contributed by atoms with Gasteiger partial charge >= 0.3 is 5.97 Å². The molecule has 0 aromatic heterocycles. The molecule has 2 fully saturated rings. The van der Waals surface area contributed by atoms with Crippen LogP contribution in [-0.4, -0.2) is 46.6 Å². The fourth-order valence-corrected chi connectivity index (χ4v) is 2.82. The number of nitrogens with one attached hydrogen (secondary N) is 1. The standard InChI is InChI=1S/C12H20N2O3/c1-12(6-2-3-7-13-12)11(17)14-8-4-5-9(14)10(15)16/h9,13H,2-8H2,1H3,(H,15,16). The average Bonchev–Trinajstić information content (AvgIpc) is 2.77. The fraction of sp³-hybridized carbons (Fsp3) is 0.833. The summed E-state index contributed by atoms with van der Waals surface area (Å²) in [6, 6.07) is -0.622. The van der Waals surface area contributed by atoms with E-state index in [1.165, 1.54) is 0 Å². The summed E-state index contributed by atoms with van der Waals surface area (Å²) in [4.78, 5) is 25.1. The molecule has 0 saturated carbocycles. The van der Waals surface area contributed by atoms with Crippen LogP contribution < -0.4 is 5.32 Å². The zero-order chi connectivity index (χ0) is 12.5. The number of carboxylic acid groups (broad SMARTS) is 1. The van der Waals surface area contributed by atoms with E-state index in [0.29, 0.717) is 13.0 Å². The zero-order valence-electron chi connectivity index (χ0n) is 10.2. The topological polar surface area (TPSA) is 69.6 Å². The van der Waals surface area contributed by atoms with Crippen LogP contribution in [0.15, 0.2) is 0 Å². The Balaban J connectivity index is 2.10.